The highest BCUT2D eigenvalue weighted by Gasteiger charge is 2.21. The summed E-state index contributed by atoms with van der Waals surface area (Å²) in [6, 6.07) is 0. The summed E-state index contributed by atoms with van der Waals surface area (Å²) >= 11 is 0. The summed E-state index contributed by atoms with van der Waals surface area (Å²) in [4.78, 5) is 25.2. The van der Waals surface area contributed by atoms with Gasteiger partial charge in [-0.2, -0.15) is 0 Å². The summed E-state index contributed by atoms with van der Waals surface area (Å²) in [5.74, 6) is -0.164. The molecule has 24 heavy (non-hydrogen) atoms. The minimum absolute atomic E-state index is 0.00641. The van der Waals surface area contributed by atoms with Crippen LogP contribution in [0, 0.1) is 5.92 Å². The maximum Gasteiger partial charge on any atom is 0.231 e. The molecule has 0 N–H and O–H groups in total. The summed E-state index contributed by atoms with van der Waals surface area (Å²) in [5.41, 5.74) is 0. The standard InChI is InChI=1S/C21H41NO2/c1-5-7-8-9-10-11-12-13-14-15-16-17-18-22(20(4)23)21(24)19(3)6-2/h19H,5-18H2,1-4H3. The van der Waals surface area contributed by atoms with Gasteiger partial charge in [0.2, 0.25) is 11.8 Å². The molecular formula is C21H41NO2. The largest absolute Gasteiger partial charge is 0.283 e. The SMILES string of the molecule is CCCCCCCCCCCCCCN(C(C)=O)C(=O)C(C)CC. The molecule has 142 valence electrons. The van der Waals surface area contributed by atoms with Gasteiger partial charge in [-0.05, 0) is 12.8 Å². The van der Waals surface area contributed by atoms with Gasteiger partial charge in [-0.25, -0.2) is 0 Å². The van der Waals surface area contributed by atoms with Gasteiger partial charge in [0.05, 0.1) is 0 Å². The number of hydrogen-bond acceptors (Lipinski definition) is 2. The molecule has 0 aliphatic heterocycles. The molecule has 0 bridgehead atoms. The average molecular weight is 340 g/mol. The lowest BCUT2D eigenvalue weighted by Crippen LogP contribution is -2.39. The Labute approximate surface area is 150 Å². The third-order valence-corrected chi connectivity index (χ3v) is 4.92. The third kappa shape index (κ3) is 11.6. The lowest BCUT2D eigenvalue weighted by molar-refractivity contribution is -0.146. The number of carbonyl (C=O) groups excluding carboxylic acids is 2. The average Bonchev–Trinajstić information content (AvgIpc) is 2.57. The molecular weight excluding hydrogens is 298 g/mol. The van der Waals surface area contributed by atoms with E-state index in [9.17, 15) is 9.59 Å². The first kappa shape index (κ1) is 23.1. The maximum atomic E-state index is 12.2. The molecule has 0 aromatic heterocycles. The first-order valence-electron chi connectivity index (χ1n) is 10.4. The van der Waals surface area contributed by atoms with Crippen LogP contribution in [0.1, 0.15) is 111 Å². The van der Waals surface area contributed by atoms with E-state index in [0.717, 1.165) is 19.3 Å². The van der Waals surface area contributed by atoms with Crippen LogP contribution in [0.2, 0.25) is 0 Å². The molecule has 0 aliphatic rings. The minimum atomic E-state index is -0.108. The first-order chi connectivity index (χ1) is 11.5. The highest BCUT2D eigenvalue weighted by Crippen LogP contribution is 2.13. The second-order valence-corrected chi connectivity index (χ2v) is 7.21. The Balaban J connectivity index is 3.59. The molecule has 0 spiro atoms. The number of carbonyl (C=O) groups is 2. The zero-order valence-corrected chi connectivity index (χ0v) is 16.7. The molecule has 3 nitrogen and oxygen atoms in total. The number of amides is 2. The Morgan fingerprint density at radius 3 is 1.54 bits per heavy atom. The smallest absolute Gasteiger partial charge is 0.231 e. The highest BCUT2D eigenvalue weighted by atomic mass is 16.2. The number of rotatable bonds is 15. The minimum Gasteiger partial charge on any atom is -0.283 e. The molecule has 1 atom stereocenters. The lowest BCUT2D eigenvalue weighted by Gasteiger charge is -2.22. The van der Waals surface area contributed by atoms with Crippen LogP contribution >= 0.6 is 0 Å². The van der Waals surface area contributed by atoms with E-state index in [0.29, 0.717) is 6.54 Å². The predicted octanol–water partition coefficient (Wildman–Crippen LogP) is 6.11. The number of hydrogen-bond donors (Lipinski definition) is 0. The second kappa shape index (κ2) is 15.7. The molecule has 0 fully saturated rings. The summed E-state index contributed by atoms with van der Waals surface area (Å²) in [7, 11) is 0. The molecule has 3 heteroatoms. The zero-order chi connectivity index (χ0) is 18.2. The van der Waals surface area contributed by atoms with Gasteiger partial charge in [-0.15, -0.1) is 0 Å². The van der Waals surface area contributed by atoms with E-state index >= 15 is 0 Å². The zero-order valence-electron chi connectivity index (χ0n) is 16.7. The van der Waals surface area contributed by atoms with Crippen molar-refractivity contribution >= 4 is 11.8 Å². The van der Waals surface area contributed by atoms with Crippen LogP contribution < -0.4 is 0 Å². The molecule has 2 amide bonds. The molecule has 0 saturated carbocycles. The fourth-order valence-electron chi connectivity index (χ4n) is 2.97. The van der Waals surface area contributed by atoms with E-state index < -0.39 is 0 Å². The van der Waals surface area contributed by atoms with Crippen molar-refractivity contribution in [2.75, 3.05) is 6.54 Å². The van der Waals surface area contributed by atoms with E-state index in [1.54, 1.807) is 0 Å². The Hall–Kier alpha value is -0.860. The van der Waals surface area contributed by atoms with Crippen molar-refractivity contribution in [2.45, 2.75) is 111 Å². The van der Waals surface area contributed by atoms with Crippen LogP contribution in [0.25, 0.3) is 0 Å². The van der Waals surface area contributed by atoms with Gasteiger partial charge in [0.25, 0.3) is 0 Å². The third-order valence-electron chi connectivity index (χ3n) is 4.92. The van der Waals surface area contributed by atoms with Crippen molar-refractivity contribution in [1.82, 2.24) is 4.90 Å². The first-order valence-corrected chi connectivity index (χ1v) is 10.4. The van der Waals surface area contributed by atoms with Gasteiger partial charge in [0.15, 0.2) is 0 Å². The van der Waals surface area contributed by atoms with Crippen LogP contribution in [0.3, 0.4) is 0 Å². The number of unbranched alkanes of at least 4 members (excludes halogenated alkanes) is 11. The fourth-order valence-corrected chi connectivity index (χ4v) is 2.97. The van der Waals surface area contributed by atoms with E-state index in [1.807, 2.05) is 13.8 Å². The number of imide groups is 1. The van der Waals surface area contributed by atoms with Crippen LogP contribution in [0.4, 0.5) is 0 Å². The molecule has 0 saturated heterocycles. The quantitative estimate of drug-likeness (QED) is 0.338. The summed E-state index contributed by atoms with van der Waals surface area (Å²) < 4.78 is 0. The van der Waals surface area contributed by atoms with Gasteiger partial charge in [-0.3, -0.25) is 14.5 Å². The Bertz CT molecular complexity index is 328. The van der Waals surface area contributed by atoms with Crippen molar-refractivity contribution in [2.24, 2.45) is 5.92 Å². The van der Waals surface area contributed by atoms with Crippen LogP contribution in [0.5, 0.6) is 0 Å². The van der Waals surface area contributed by atoms with Gasteiger partial charge >= 0.3 is 0 Å². The van der Waals surface area contributed by atoms with Crippen molar-refractivity contribution in [3.05, 3.63) is 0 Å². The van der Waals surface area contributed by atoms with Gasteiger partial charge in [0, 0.05) is 19.4 Å². The van der Waals surface area contributed by atoms with Crippen molar-refractivity contribution in [1.29, 1.82) is 0 Å². The lowest BCUT2D eigenvalue weighted by atomic mass is 10.0. The van der Waals surface area contributed by atoms with Crippen molar-refractivity contribution < 1.29 is 9.59 Å². The molecule has 0 aromatic carbocycles. The second-order valence-electron chi connectivity index (χ2n) is 7.21. The number of nitrogens with zero attached hydrogens (tertiary/aromatic N) is 1. The summed E-state index contributed by atoms with van der Waals surface area (Å²) in [6.07, 6.45) is 16.3. The van der Waals surface area contributed by atoms with E-state index in [4.69, 9.17) is 0 Å². The Morgan fingerprint density at radius 2 is 1.17 bits per heavy atom. The van der Waals surface area contributed by atoms with E-state index in [1.165, 1.54) is 76.0 Å². The fraction of sp³-hybridized carbons (Fsp3) is 0.905. The van der Waals surface area contributed by atoms with Crippen LogP contribution in [-0.4, -0.2) is 23.3 Å². The van der Waals surface area contributed by atoms with E-state index in [2.05, 4.69) is 6.92 Å². The van der Waals surface area contributed by atoms with E-state index in [-0.39, 0.29) is 17.7 Å². The maximum absolute atomic E-state index is 12.2. The van der Waals surface area contributed by atoms with Gasteiger partial charge in [-0.1, -0.05) is 91.4 Å². The Kier molecular flexibility index (Phi) is 15.1. The van der Waals surface area contributed by atoms with Crippen molar-refractivity contribution in [3.8, 4) is 0 Å². The highest BCUT2D eigenvalue weighted by molar-refractivity contribution is 5.95. The van der Waals surface area contributed by atoms with Crippen molar-refractivity contribution in [3.63, 3.8) is 0 Å². The molecule has 0 aliphatic carbocycles. The molecule has 0 radical (unpaired) electrons. The predicted molar refractivity (Wildman–Crippen MR) is 103 cm³/mol. The van der Waals surface area contributed by atoms with Gasteiger partial charge < -0.3 is 0 Å². The molecule has 0 rings (SSSR count). The van der Waals surface area contributed by atoms with Crippen LogP contribution in [0.15, 0.2) is 0 Å². The summed E-state index contributed by atoms with van der Waals surface area (Å²) in [6.45, 7) is 8.25. The topological polar surface area (TPSA) is 37.4 Å². The molecule has 0 heterocycles. The van der Waals surface area contributed by atoms with Crippen LogP contribution in [-0.2, 0) is 9.59 Å². The molecule has 0 aromatic rings. The Morgan fingerprint density at radius 1 is 0.750 bits per heavy atom. The summed E-state index contributed by atoms with van der Waals surface area (Å²) in [5, 5.41) is 0. The monoisotopic (exact) mass is 339 g/mol. The molecule has 1 unspecified atom stereocenters. The van der Waals surface area contributed by atoms with Gasteiger partial charge in [0.1, 0.15) is 0 Å². The normalized spacial score (nSPS) is 12.2.